The molecule has 0 aliphatic heterocycles. The van der Waals surface area contributed by atoms with Crippen molar-refractivity contribution in [2.24, 2.45) is 0 Å². The standard InChI is InChI=1S/C19H15N3O3/c1-10-3-5-12-13(6-8-16(25-2)17(12)20-10)18-21-14-7-4-11(19(23)24)9-15(14)22-18/h3-9H,1-2H3,(H,21,22)(H,23,24). The van der Waals surface area contributed by atoms with Crippen molar-refractivity contribution < 1.29 is 14.6 Å². The number of H-pyrrole nitrogens is 1. The topological polar surface area (TPSA) is 88.1 Å². The van der Waals surface area contributed by atoms with Gasteiger partial charge in [-0.2, -0.15) is 0 Å². The van der Waals surface area contributed by atoms with Crippen molar-refractivity contribution in [2.75, 3.05) is 7.11 Å². The average Bonchev–Trinajstić information content (AvgIpc) is 3.03. The van der Waals surface area contributed by atoms with Gasteiger partial charge in [0.2, 0.25) is 0 Å². The minimum atomic E-state index is -0.965. The molecule has 0 saturated heterocycles. The molecule has 0 aliphatic carbocycles. The first kappa shape index (κ1) is 15.1. The maximum atomic E-state index is 11.1. The number of nitrogens with one attached hydrogen (secondary N) is 1. The van der Waals surface area contributed by atoms with E-state index in [4.69, 9.17) is 9.84 Å². The van der Waals surface area contributed by atoms with E-state index in [0.717, 1.165) is 22.2 Å². The highest BCUT2D eigenvalue weighted by Crippen LogP contribution is 2.33. The predicted molar refractivity (Wildman–Crippen MR) is 95.1 cm³/mol. The minimum Gasteiger partial charge on any atom is -0.494 e. The molecule has 25 heavy (non-hydrogen) atoms. The summed E-state index contributed by atoms with van der Waals surface area (Å²) in [6.07, 6.45) is 0. The van der Waals surface area contributed by atoms with Gasteiger partial charge in [0.1, 0.15) is 17.1 Å². The van der Waals surface area contributed by atoms with Crippen LogP contribution in [-0.4, -0.2) is 33.1 Å². The highest BCUT2D eigenvalue weighted by atomic mass is 16.5. The van der Waals surface area contributed by atoms with Crippen molar-refractivity contribution in [3.8, 4) is 17.1 Å². The molecule has 0 aliphatic rings. The van der Waals surface area contributed by atoms with Crippen LogP contribution in [0.4, 0.5) is 0 Å². The number of pyridine rings is 1. The van der Waals surface area contributed by atoms with Gasteiger partial charge in [-0.1, -0.05) is 6.07 Å². The molecule has 0 amide bonds. The number of rotatable bonds is 3. The van der Waals surface area contributed by atoms with E-state index in [9.17, 15) is 4.79 Å². The monoisotopic (exact) mass is 333 g/mol. The number of aromatic nitrogens is 3. The van der Waals surface area contributed by atoms with E-state index in [-0.39, 0.29) is 5.56 Å². The number of ether oxygens (including phenoxy) is 1. The van der Waals surface area contributed by atoms with Crippen LogP contribution in [0.25, 0.3) is 33.3 Å². The van der Waals surface area contributed by atoms with Crippen molar-refractivity contribution in [1.82, 2.24) is 15.0 Å². The van der Waals surface area contributed by atoms with Gasteiger partial charge in [-0.15, -0.1) is 0 Å². The van der Waals surface area contributed by atoms with Crippen LogP contribution in [-0.2, 0) is 0 Å². The second-order valence-corrected chi connectivity index (χ2v) is 5.79. The number of benzene rings is 2. The Morgan fingerprint density at radius 2 is 1.96 bits per heavy atom. The zero-order valence-electron chi connectivity index (χ0n) is 13.7. The number of carboxylic acids is 1. The van der Waals surface area contributed by atoms with Gasteiger partial charge in [0.05, 0.1) is 23.7 Å². The molecule has 0 spiro atoms. The Bertz CT molecular complexity index is 1130. The van der Waals surface area contributed by atoms with Gasteiger partial charge in [0, 0.05) is 16.6 Å². The van der Waals surface area contributed by atoms with E-state index in [1.165, 1.54) is 0 Å². The average molecular weight is 333 g/mol. The van der Waals surface area contributed by atoms with Crippen molar-refractivity contribution in [3.63, 3.8) is 0 Å². The van der Waals surface area contributed by atoms with Crippen LogP contribution >= 0.6 is 0 Å². The Kier molecular flexibility index (Phi) is 3.39. The fourth-order valence-electron chi connectivity index (χ4n) is 2.93. The highest BCUT2D eigenvalue weighted by Gasteiger charge is 2.14. The van der Waals surface area contributed by atoms with Gasteiger partial charge >= 0.3 is 5.97 Å². The third-order valence-electron chi connectivity index (χ3n) is 4.16. The molecule has 0 unspecified atom stereocenters. The van der Waals surface area contributed by atoms with Crippen molar-refractivity contribution in [1.29, 1.82) is 0 Å². The van der Waals surface area contributed by atoms with Crippen LogP contribution in [0, 0.1) is 6.92 Å². The molecule has 4 aromatic rings. The Morgan fingerprint density at radius 1 is 1.12 bits per heavy atom. The molecule has 0 bridgehead atoms. The van der Waals surface area contributed by atoms with Crippen molar-refractivity contribution in [2.45, 2.75) is 6.92 Å². The van der Waals surface area contributed by atoms with Crippen molar-refractivity contribution >= 4 is 27.9 Å². The number of aromatic carboxylic acids is 1. The molecule has 124 valence electrons. The summed E-state index contributed by atoms with van der Waals surface area (Å²) in [6, 6.07) is 12.6. The summed E-state index contributed by atoms with van der Waals surface area (Å²) >= 11 is 0. The highest BCUT2D eigenvalue weighted by molar-refractivity contribution is 5.98. The molecular formula is C19H15N3O3. The third kappa shape index (κ3) is 2.48. The first-order valence-electron chi connectivity index (χ1n) is 7.74. The lowest BCUT2D eigenvalue weighted by atomic mass is 10.1. The van der Waals surface area contributed by atoms with Crippen LogP contribution < -0.4 is 4.74 Å². The molecule has 0 radical (unpaired) electrons. The molecule has 0 atom stereocenters. The Balaban J connectivity index is 1.95. The number of carboxylic acid groups (broad SMARTS) is 1. The molecule has 2 aromatic carbocycles. The zero-order chi connectivity index (χ0) is 17.6. The molecule has 2 N–H and O–H groups in total. The van der Waals surface area contributed by atoms with Gasteiger partial charge in [-0.05, 0) is 43.3 Å². The summed E-state index contributed by atoms with van der Waals surface area (Å²) in [5.74, 6) is 0.398. The number of hydrogen-bond acceptors (Lipinski definition) is 4. The predicted octanol–water partition coefficient (Wildman–Crippen LogP) is 3.79. The van der Waals surface area contributed by atoms with Gasteiger partial charge < -0.3 is 14.8 Å². The van der Waals surface area contributed by atoms with E-state index in [1.807, 2.05) is 31.2 Å². The van der Waals surface area contributed by atoms with Crippen LogP contribution in [0.1, 0.15) is 16.1 Å². The molecule has 2 aromatic heterocycles. The normalized spacial score (nSPS) is 11.1. The number of nitrogens with zero attached hydrogens (tertiary/aromatic N) is 2. The van der Waals surface area contributed by atoms with E-state index >= 15 is 0 Å². The van der Waals surface area contributed by atoms with E-state index < -0.39 is 5.97 Å². The summed E-state index contributed by atoms with van der Waals surface area (Å²) < 4.78 is 5.42. The lowest BCUT2D eigenvalue weighted by Crippen LogP contribution is -1.94. The second kappa shape index (κ2) is 5.59. The van der Waals surface area contributed by atoms with Crippen LogP contribution in [0.3, 0.4) is 0 Å². The number of fused-ring (bicyclic) bond motifs is 2. The maximum Gasteiger partial charge on any atom is 0.335 e. The van der Waals surface area contributed by atoms with Crippen LogP contribution in [0.2, 0.25) is 0 Å². The summed E-state index contributed by atoms with van der Waals surface area (Å²) in [5.41, 5.74) is 4.17. The summed E-state index contributed by atoms with van der Waals surface area (Å²) in [4.78, 5) is 23.5. The largest absolute Gasteiger partial charge is 0.494 e. The number of imidazole rings is 1. The summed E-state index contributed by atoms with van der Waals surface area (Å²) in [6.45, 7) is 1.93. The van der Waals surface area contributed by atoms with Gasteiger partial charge in [-0.3, -0.25) is 0 Å². The second-order valence-electron chi connectivity index (χ2n) is 5.79. The Morgan fingerprint density at radius 3 is 2.72 bits per heavy atom. The molecule has 0 fully saturated rings. The van der Waals surface area contributed by atoms with E-state index in [1.54, 1.807) is 25.3 Å². The van der Waals surface area contributed by atoms with Gasteiger partial charge in [-0.25, -0.2) is 14.8 Å². The first-order chi connectivity index (χ1) is 12.1. The minimum absolute atomic E-state index is 0.222. The van der Waals surface area contributed by atoms with E-state index in [2.05, 4.69) is 15.0 Å². The zero-order valence-corrected chi connectivity index (χ0v) is 13.7. The summed E-state index contributed by atoms with van der Waals surface area (Å²) in [5, 5.41) is 10.1. The Labute approximate surface area is 143 Å². The quantitative estimate of drug-likeness (QED) is 0.595. The smallest absolute Gasteiger partial charge is 0.335 e. The number of aromatic amines is 1. The number of carbonyl (C=O) groups is 1. The van der Waals surface area contributed by atoms with Crippen LogP contribution in [0.5, 0.6) is 5.75 Å². The number of hydrogen-bond donors (Lipinski definition) is 2. The van der Waals surface area contributed by atoms with Crippen molar-refractivity contribution in [3.05, 3.63) is 53.7 Å². The maximum absolute atomic E-state index is 11.1. The molecule has 2 heterocycles. The SMILES string of the molecule is COc1ccc(-c2nc3ccc(C(=O)O)cc3[nH]2)c2ccc(C)nc12. The Hall–Kier alpha value is -3.41. The fourth-order valence-corrected chi connectivity index (χ4v) is 2.93. The summed E-state index contributed by atoms with van der Waals surface area (Å²) in [7, 11) is 1.62. The van der Waals surface area contributed by atoms with E-state index in [0.29, 0.717) is 22.6 Å². The fraction of sp³-hybridized carbons (Fsp3) is 0.105. The van der Waals surface area contributed by atoms with Crippen LogP contribution in [0.15, 0.2) is 42.5 Å². The molecule has 6 nitrogen and oxygen atoms in total. The molecule has 0 saturated carbocycles. The molecule has 6 heteroatoms. The third-order valence-corrected chi connectivity index (χ3v) is 4.16. The van der Waals surface area contributed by atoms with Gasteiger partial charge in [0.15, 0.2) is 0 Å². The first-order valence-corrected chi connectivity index (χ1v) is 7.74. The lowest BCUT2D eigenvalue weighted by molar-refractivity contribution is 0.0697. The number of aryl methyl sites for hydroxylation is 1. The molecular weight excluding hydrogens is 318 g/mol. The molecule has 4 rings (SSSR count). The van der Waals surface area contributed by atoms with Gasteiger partial charge in [0.25, 0.3) is 0 Å². The number of methoxy groups -OCH3 is 1. The lowest BCUT2D eigenvalue weighted by Gasteiger charge is -2.09.